The van der Waals surface area contributed by atoms with Crippen LogP contribution in [-0.2, 0) is 0 Å². The van der Waals surface area contributed by atoms with Crippen LogP contribution in [0.1, 0.15) is 0 Å². The molecule has 0 bridgehead atoms. The Kier molecular flexibility index (Phi) is 2.01. The highest BCUT2D eigenvalue weighted by Gasteiger charge is 1.99. The fourth-order valence-corrected chi connectivity index (χ4v) is 0.923. The second-order valence-electron chi connectivity index (χ2n) is 1.72. The van der Waals surface area contributed by atoms with Crippen LogP contribution in [0.3, 0.4) is 0 Å². The molecule has 52 valence electrons. The highest BCUT2D eigenvalue weighted by molar-refractivity contribution is 9.10. The zero-order chi connectivity index (χ0) is 7.56. The Morgan fingerprint density at radius 3 is 2.70 bits per heavy atom. The Balaban J connectivity index is 3.19. The van der Waals surface area contributed by atoms with Gasteiger partial charge in [-0.1, -0.05) is 15.9 Å². The SMILES string of the molecule is O=Nc1ccc(Br)cc1O. The van der Waals surface area contributed by atoms with E-state index >= 15 is 0 Å². The van der Waals surface area contributed by atoms with Crippen LogP contribution in [0.2, 0.25) is 0 Å². The third-order valence-corrected chi connectivity index (χ3v) is 1.53. The van der Waals surface area contributed by atoms with Crippen molar-refractivity contribution in [2.24, 2.45) is 5.18 Å². The van der Waals surface area contributed by atoms with Gasteiger partial charge < -0.3 is 5.11 Å². The van der Waals surface area contributed by atoms with Gasteiger partial charge in [0.15, 0.2) is 0 Å². The Morgan fingerprint density at radius 1 is 1.50 bits per heavy atom. The van der Waals surface area contributed by atoms with Crippen molar-refractivity contribution in [2.75, 3.05) is 0 Å². The minimum atomic E-state index is -0.107. The summed E-state index contributed by atoms with van der Waals surface area (Å²) in [5.74, 6) is -0.107. The Hall–Kier alpha value is -0.900. The molecule has 3 nitrogen and oxygen atoms in total. The molecule has 1 aromatic carbocycles. The van der Waals surface area contributed by atoms with E-state index in [9.17, 15) is 4.91 Å². The standard InChI is InChI=1S/C6H4BrNO2/c7-4-1-2-5(8-10)6(9)3-4/h1-3,9H. The first kappa shape index (κ1) is 7.21. The van der Waals surface area contributed by atoms with E-state index in [1.165, 1.54) is 12.1 Å². The zero-order valence-corrected chi connectivity index (χ0v) is 6.50. The average molecular weight is 202 g/mol. The van der Waals surface area contributed by atoms with Gasteiger partial charge in [0.2, 0.25) is 0 Å². The van der Waals surface area contributed by atoms with E-state index in [-0.39, 0.29) is 11.4 Å². The summed E-state index contributed by atoms with van der Waals surface area (Å²) in [5.41, 5.74) is 0.0585. The van der Waals surface area contributed by atoms with Gasteiger partial charge in [0.1, 0.15) is 11.4 Å². The predicted octanol–water partition coefficient (Wildman–Crippen LogP) is 2.55. The lowest BCUT2D eigenvalue weighted by Crippen LogP contribution is -1.66. The number of halogens is 1. The lowest BCUT2D eigenvalue weighted by molar-refractivity contribution is 0.476. The molecule has 0 saturated heterocycles. The van der Waals surface area contributed by atoms with Gasteiger partial charge in [-0.05, 0) is 23.4 Å². The predicted molar refractivity (Wildman–Crippen MR) is 41.3 cm³/mol. The number of nitrogens with zero attached hydrogens (tertiary/aromatic N) is 1. The molecule has 0 fully saturated rings. The number of nitroso groups, excluding NO2 is 1. The molecule has 0 aliphatic rings. The van der Waals surface area contributed by atoms with Crippen molar-refractivity contribution >= 4 is 21.6 Å². The van der Waals surface area contributed by atoms with Crippen LogP contribution in [0.25, 0.3) is 0 Å². The van der Waals surface area contributed by atoms with E-state index < -0.39 is 0 Å². The Morgan fingerprint density at radius 2 is 2.20 bits per heavy atom. The van der Waals surface area contributed by atoms with Gasteiger partial charge >= 0.3 is 0 Å². The first-order valence-corrected chi connectivity index (χ1v) is 3.35. The van der Waals surface area contributed by atoms with Crippen LogP contribution in [-0.4, -0.2) is 5.11 Å². The maximum atomic E-state index is 9.91. The molecule has 0 unspecified atom stereocenters. The molecule has 0 heterocycles. The zero-order valence-electron chi connectivity index (χ0n) is 4.91. The number of benzene rings is 1. The van der Waals surface area contributed by atoms with Crippen LogP contribution in [0.5, 0.6) is 5.75 Å². The van der Waals surface area contributed by atoms with Gasteiger partial charge in [-0.3, -0.25) is 0 Å². The number of rotatable bonds is 1. The molecular weight excluding hydrogens is 198 g/mol. The van der Waals surface area contributed by atoms with Gasteiger partial charge in [0.25, 0.3) is 0 Å². The second-order valence-corrected chi connectivity index (χ2v) is 2.64. The molecule has 0 aliphatic carbocycles. The maximum absolute atomic E-state index is 9.91. The van der Waals surface area contributed by atoms with E-state index in [2.05, 4.69) is 21.1 Å². The van der Waals surface area contributed by atoms with Gasteiger partial charge in [0.05, 0.1) is 0 Å². The lowest BCUT2D eigenvalue weighted by Gasteiger charge is -1.93. The first-order valence-electron chi connectivity index (χ1n) is 2.56. The molecule has 0 saturated carbocycles. The molecule has 4 heteroatoms. The third kappa shape index (κ3) is 1.33. The molecule has 1 aromatic rings. The van der Waals surface area contributed by atoms with E-state index in [1.54, 1.807) is 6.07 Å². The summed E-state index contributed by atoms with van der Waals surface area (Å²) in [6, 6.07) is 4.49. The molecule has 1 N–H and O–H groups in total. The van der Waals surface area contributed by atoms with Crippen LogP contribution in [0, 0.1) is 4.91 Å². The monoisotopic (exact) mass is 201 g/mol. The van der Waals surface area contributed by atoms with Crippen LogP contribution in [0.15, 0.2) is 27.8 Å². The number of phenols is 1. The van der Waals surface area contributed by atoms with Gasteiger partial charge in [-0.25, -0.2) is 0 Å². The molecule has 0 radical (unpaired) electrons. The highest BCUT2D eigenvalue weighted by Crippen LogP contribution is 2.28. The molecule has 10 heavy (non-hydrogen) atoms. The van der Waals surface area contributed by atoms with Crippen molar-refractivity contribution in [1.29, 1.82) is 0 Å². The summed E-state index contributed by atoms with van der Waals surface area (Å²) in [6.07, 6.45) is 0. The average Bonchev–Trinajstić information content (AvgIpc) is 1.88. The Bertz CT molecular complexity index is 262. The first-order chi connectivity index (χ1) is 4.74. The normalized spacial score (nSPS) is 9.30. The third-order valence-electron chi connectivity index (χ3n) is 1.04. The van der Waals surface area contributed by atoms with Crippen LogP contribution >= 0.6 is 15.9 Å². The molecule has 1 rings (SSSR count). The van der Waals surface area contributed by atoms with Crippen LogP contribution < -0.4 is 0 Å². The maximum Gasteiger partial charge on any atom is 0.149 e. The lowest BCUT2D eigenvalue weighted by atomic mass is 10.3. The molecule has 0 spiro atoms. The minimum Gasteiger partial charge on any atom is -0.506 e. The largest absolute Gasteiger partial charge is 0.506 e. The van der Waals surface area contributed by atoms with E-state index in [4.69, 9.17) is 5.11 Å². The summed E-state index contributed by atoms with van der Waals surface area (Å²) in [4.78, 5) is 9.91. The second kappa shape index (κ2) is 2.79. The Labute approximate surface area is 65.8 Å². The van der Waals surface area contributed by atoms with Crippen molar-refractivity contribution in [2.45, 2.75) is 0 Å². The number of hydrogen-bond acceptors (Lipinski definition) is 3. The molecule has 0 aliphatic heterocycles. The van der Waals surface area contributed by atoms with Crippen molar-refractivity contribution < 1.29 is 5.11 Å². The summed E-state index contributed by atoms with van der Waals surface area (Å²) >= 11 is 3.12. The van der Waals surface area contributed by atoms with Gasteiger partial charge in [0, 0.05) is 4.47 Å². The van der Waals surface area contributed by atoms with Crippen molar-refractivity contribution in [3.8, 4) is 5.75 Å². The minimum absolute atomic E-state index is 0.0585. The highest BCUT2D eigenvalue weighted by atomic mass is 79.9. The van der Waals surface area contributed by atoms with Crippen molar-refractivity contribution in [3.63, 3.8) is 0 Å². The summed E-state index contributed by atoms with van der Waals surface area (Å²) in [7, 11) is 0. The number of phenolic OH excluding ortho intramolecular Hbond substituents is 1. The van der Waals surface area contributed by atoms with Gasteiger partial charge in [-0.15, -0.1) is 4.91 Å². The summed E-state index contributed by atoms with van der Waals surface area (Å²) in [6.45, 7) is 0. The van der Waals surface area contributed by atoms with Crippen molar-refractivity contribution in [1.82, 2.24) is 0 Å². The quantitative estimate of drug-likeness (QED) is 0.711. The van der Waals surface area contributed by atoms with E-state index in [0.29, 0.717) is 0 Å². The van der Waals surface area contributed by atoms with Crippen molar-refractivity contribution in [3.05, 3.63) is 27.6 Å². The fourth-order valence-electron chi connectivity index (χ4n) is 0.574. The van der Waals surface area contributed by atoms with E-state index in [0.717, 1.165) is 4.47 Å². The number of hydrogen-bond donors (Lipinski definition) is 1. The van der Waals surface area contributed by atoms with E-state index in [1.807, 2.05) is 0 Å². The molecule has 0 atom stereocenters. The van der Waals surface area contributed by atoms with Gasteiger partial charge in [-0.2, -0.15) is 0 Å². The molecule has 0 amide bonds. The fraction of sp³-hybridized carbons (Fsp3) is 0. The molecular formula is C6H4BrNO2. The smallest absolute Gasteiger partial charge is 0.149 e. The number of aromatic hydroxyl groups is 1. The molecule has 0 aromatic heterocycles. The van der Waals surface area contributed by atoms with Crippen LogP contribution in [0.4, 0.5) is 5.69 Å². The summed E-state index contributed by atoms with van der Waals surface area (Å²) < 4.78 is 0.720. The topological polar surface area (TPSA) is 49.7 Å². The summed E-state index contributed by atoms with van der Waals surface area (Å²) in [5, 5.41) is 11.6.